The van der Waals surface area contributed by atoms with Crippen LogP contribution in [0.5, 0.6) is 5.75 Å². The topological polar surface area (TPSA) is 53.2 Å². The number of ether oxygens (including phenoxy) is 1. The van der Waals surface area contributed by atoms with Gasteiger partial charge in [0.05, 0.1) is 29.9 Å². The molecule has 5 heteroatoms. The van der Waals surface area contributed by atoms with Gasteiger partial charge in [0.25, 0.3) is 0 Å². The zero-order valence-electron chi connectivity index (χ0n) is 15.8. The third kappa shape index (κ3) is 4.70. The van der Waals surface area contributed by atoms with E-state index < -0.39 is 0 Å². The number of hydrogen-bond acceptors (Lipinski definition) is 2. The average molecular weight is 374 g/mol. The number of nitrogens with one attached hydrogen (secondary N) is 2. The maximum Gasteiger partial charge on any atom is 0.144 e. The first-order chi connectivity index (χ1) is 12.2. The second-order valence-corrected chi connectivity index (χ2v) is 6.50. The number of methoxy groups -OCH3 is 1. The number of allylic oxidation sites excluding steroid dienone is 2. The zero-order chi connectivity index (χ0) is 17.6. The summed E-state index contributed by atoms with van der Waals surface area (Å²) < 4.78 is 5.52. The highest BCUT2D eigenvalue weighted by Gasteiger charge is 2.13. The maximum atomic E-state index is 5.52. The van der Waals surface area contributed by atoms with Crippen LogP contribution in [-0.2, 0) is 0 Å². The lowest BCUT2D eigenvalue weighted by molar-refractivity contribution is 0.414. The van der Waals surface area contributed by atoms with Gasteiger partial charge in [-0.1, -0.05) is 26.2 Å². The Morgan fingerprint density at radius 1 is 1.19 bits per heavy atom. The van der Waals surface area contributed by atoms with Crippen LogP contribution in [-0.4, -0.2) is 22.8 Å². The van der Waals surface area contributed by atoms with Crippen molar-refractivity contribution in [3.8, 4) is 17.1 Å². The van der Waals surface area contributed by atoms with E-state index in [1.54, 1.807) is 7.11 Å². The number of aromatic amines is 2. The van der Waals surface area contributed by atoms with Crippen LogP contribution in [0.4, 0.5) is 0 Å². The molecule has 0 unspecified atom stereocenters. The lowest BCUT2D eigenvalue weighted by Crippen LogP contribution is -1.92. The number of aliphatic imine (C=N–C) groups is 1. The first kappa shape index (κ1) is 20.1. The largest absolute Gasteiger partial charge is 0.494 e. The highest BCUT2D eigenvalue weighted by Crippen LogP contribution is 2.30. The van der Waals surface area contributed by atoms with Crippen molar-refractivity contribution in [1.82, 2.24) is 9.97 Å². The molecule has 140 valence electrons. The Balaban J connectivity index is 0.00000243. The molecule has 0 saturated carbocycles. The number of nitrogens with zero attached hydrogens (tertiary/aromatic N) is 1. The molecule has 0 fully saturated rings. The molecule has 3 heterocycles. The summed E-state index contributed by atoms with van der Waals surface area (Å²) in [5.74, 6) is 0.828. The second-order valence-electron chi connectivity index (χ2n) is 6.50. The van der Waals surface area contributed by atoms with Crippen molar-refractivity contribution in [3.05, 3.63) is 47.4 Å². The molecule has 1 aliphatic rings. The Morgan fingerprint density at radius 3 is 2.73 bits per heavy atom. The molecule has 3 rings (SSSR count). The summed E-state index contributed by atoms with van der Waals surface area (Å²) in [5.41, 5.74) is 6.48. The third-order valence-electron chi connectivity index (χ3n) is 4.59. The molecule has 0 spiro atoms. The van der Waals surface area contributed by atoms with Gasteiger partial charge in [-0.05, 0) is 49.6 Å². The number of aromatic nitrogens is 2. The highest BCUT2D eigenvalue weighted by molar-refractivity contribution is 6.02. The molecule has 0 saturated heterocycles. The molecule has 1 aliphatic heterocycles. The summed E-state index contributed by atoms with van der Waals surface area (Å²) in [6, 6.07) is 6.03. The molecule has 0 radical (unpaired) electrons. The molecular weight excluding hydrogens is 346 g/mol. The van der Waals surface area contributed by atoms with Gasteiger partial charge in [-0.3, -0.25) is 4.99 Å². The molecule has 0 aliphatic carbocycles. The Bertz CT molecular complexity index is 797. The van der Waals surface area contributed by atoms with Crippen LogP contribution in [0.25, 0.3) is 17.5 Å². The van der Waals surface area contributed by atoms with Gasteiger partial charge >= 0.3 is 0 Å². The van der Waals surface area contributed by atoms with Crippen molar-refractivity contribution in [2.45, 2.75) is 46.0 Å². The molecular formula is C21H28ClN3O. The van der Waals surface area contributed by atoms with Gasteiger partial charge in [0.1, 0.15) is 5.75 Å². The van der Waals surface area contributed by atoms with Crippen LogP contribution in [0.2, 0.25) is 0 Å². The average Bonchev–Trinajstić information content (AvgIpc) is 3.32. The van der Waals surface area contributed by atoms with Gasteiger partial charge in [0, 0.05) is 18.0 Å². The molecule has 0 aromatic carbocycles. The summed E-state index contributed by atoms with van der Waals surface area (Å²) >= 11 is 0. The van der Waals surface area contributed by atoms with E-state index in [0.29, 0.717) is 0 Å². The molecule has 4 nitrogen and oxygen atoms in total. The van der Waals surface area contributed by atoms with Crippen LogP contribution >= 0.6 is 12.4 Å². The van der Waals surface area contributed by atoms with E-state index in [1.165, 1.54) is 31.3 Å². The number of H-pyrrole nitrogens is 2. The molecule has 2 N–H and O–H groups in total. The van der Waals surface area contributed by atoms with Gasteiger partial charge in [0.15, 0.2) is 0 Å². The van der Waals surface area contributed by atoms with Crippen molar-refractivity contribution in [3.63, 3.8) is 0 Å². The van der Waals surface area contributed by atoms with Gasteiger partial charge in [0.2, 0.25) is 0 Å². The standard InChI is InChI=1S/C21H27N3O.ClH/c1-4-5-6-7-9-16-12-17(23-15(16)2)13-20-21(25-3)14-19(24-20)18-10-8-11-22-18;/h8,10-14,22,24H,4-7,9H2,1-3H3;1H. The minimum absolute atomic E-state index is 0. The second kappa shape index (κ2) is 9.48. The maximum absolute atomic E-state index is 5.52. The first-order valence-corrected chi connectivity index (χ1v) is 9.10. The van der Waals surface area contributed by atoms with Crippen molar-refractivity contribution >= 4 is 24.2 Å². The quantitative estimate of drug-likeness (QED) is 0.535. The van der Waals surface area contributed by atoms with Crippen LogP contribution in [0, 0.1) is 0 Å². The van der Waals surface area contributed by atoms with Gasteiger partial charge in [-0.15, -0.1) is 12.4 Å². The number of hydrogen-bond donors (Lipinski definition) is 2. The molecule has 2 aromatic heterocycles. The normalized spacial score (nSPS) is 15.0. The third-order valence-corrected chi connectivity index (χ3v) is 4.59. The predicted octanol–water partition coefficient (Wildman–Crippen LogP) is 6.15. The van der Waals surface area contributed by atoms with Crippen molar-refractivity contribution < 1.29 is 4.74 Å². The highest BCUT2D eigenvalue weighted by atomic mass is 35.5. The Kier molecular flexibility index (Phi) is 7.34. The van der Waals surface area contributed by atoms with Crippen molar-refractivity contribution in [2.75, 3.05) is 7.11 Å². The van der Waals surface area contributed by atoms with Gasteiger partial charge in [-0.25, -0.2) is 0 Å². The molecule has 0 bridgehead atoms. The number of unbranched alkanes of at least 4 members (excludes halogenated alkanes) is 3. The van der Waals surface area contributed by atoms with E-state index in [4.69, 9.17) is 9.73 Å². The fraction of sp³-hybridized carbons (Fsp3) is 0.381. The Labute approximate surface area is 161 Å². The lowest BCUT2D eigenvalue weighted by Gasteiger charge is -2.01. The van der Waals surface area contributed by atoms with Crippen molar-refractivity contribution in [2.24, 2.45) is 4.99 Å². The number of halogens is 1. The smallest absolute Gasteiger partial charge is 0.144 e. The van der Waals surface area contributed by atoms with Crippen LogP contribution in [0.15, 0.2) is 46.7 Å². The minimum Gasteiger partial charge on any atom is -0.494 e. The Morgan fingerprint density at radius 2 is 2.04 bits per heavy atom. The van der Waals surface area contributed by atoms with E-state index in [0.717, 1.165) is 40.7 Å². The van der Waals surface area contributed by atoms with Gasteiger partial charge < -0.3 is 14.7 Å². The fourth-order valence-electron chi connectivity index (χ4n) is 3.17. The first-order valence-electron chi connectivity index (χ1n) is 9.10. The zero-order valence-corrected chi connectivity index (χ0v) is 16.6. The molecule has 0 atom stereocenters. The monoisotopic (exact) mass is 373 g/mol. The summed E-state index contributed by atoms with van der Waals surface area (Å²) in [5, 5.41) is 0. The number of rotatable bonds is 8. The SMILES string of the molecule is CCCCCCC1=CC(=Cc2[nH]c(-c3ccc[nH]3)cc2OC)N=C1C.Cl. The van der Waals surface area contributed by atoms with E-state index in [-0.39, 0.29) is 12.4 Å². The summed E-state index contributed by atoms with van der Waals surface area (Å²) in [4.78, 5) is 11.3. The fourth-order valence-corrected chi connectivity index (χ4v) is 3.17. The lowest BCUT2D eigenvalue weighted by atomic mass is 10.0. The summed E-state index contributed by atoms with van der Waals surface area (Å²) in [6.07, 6.45) is 12.4. The molecule has 2 aromatic rings. The molecule has 0 amide bonds. The van der Waals surface area contributed by atoms with E-state index in [1.807, 2.05) is 24.4 Å². The van der Waals surface area contributed by atoms with Crippen molar-refractivity contribution in [1.29, 1.82) is 0 Å². The van der Waals surface area contributed by atoms with Gasteiger partial charge in [-0.2, -0.15) is 0 Å². The van der Waals surface area contributed by atoms with E-state index >= 15 is 0 Å². The van der Waals surface area contributed by atoms with Crippen LogP contribution < -0.4 is 4.74 Å². The van der Waals surface area contributed by atoms with E-state index in [9.17, 15) is 0 Å². The molecule has 26 heavy (non-hydrogen) atoms. The minimum atomic E-state index is 0. The predicted molar refractivity (Wildman–Crippen MR) is 112 cm³/mol. The van der Waals surface area contributed by atoms with Crippen LogP contribution in [0.1, 0.15) is 51.6 Å². The Hall–Kier alpha value is -2.20. The summed E-state index contributed by atoms with van der Waals surface area (Å²) in [7, 11) is 1.70. The summed E-state index contributed by atoms with van der Waals surface area (Å²) in [6.45, 7) is 4.34. The van der Waals surface area contributed by atoms with Crippen LogP contribution in [0.3, 0.4) is 0 Å². The van der Waals surface area contributed by atoms with E-state index in [2.05, 4.69) is 36.0 Å².